The van der Waals surface area contributed by atoms with E-state index in [1.807, 2.05) is 16.8 Å². The number of nitrogens with zero attached hydrogens (tertiary/aromatic N) is 3. The first-order valence-corrected chi connectivity index (χ1v) is 8.79. The molecule has 0 bridgehead atoms. The molecule has 0 unspecified atom stereocenters. The molecule has 0 spiro atoms. The van der Waals surface area contributed by atoms with E-state index in [1.54, 1.807) is 19.8 Å². The van der Waals surface area contributed by atoms with Crippen molar-refractivity contribution in [3.05, 3.63) is 36.9 Å². The molecule has 0 atom stereocenters. The fraction of sp³-hybridized carbons (Fsp3) is 0.333. The molecule has 0 fully saturated rings. The van der Waals surface area contributed by atoms with E-state index in [9.17, 15) is 0 Å². The summed E-state index contributed by atoms with van der Waals surface area (Å²) in [5.41, 5.74) is 0. The normalized spacial score (nSPS) is 11.5. The minimum atomic E-state index is -1.51. The number of ether oxygens (including phenoxy) is 1. The second kappa shape index (κ2) is 4.71. The van der Waals surface area contributed by atoms with Crippen molar-refractivity contribution in [3.63, 3.8) is 0 Å². The number of aromatic nitrogens is 3. The van der Waals surface area contributed by atoms with E-state index in [4.69, 9.17) is 4.74 Å². The molecule has 0 aliphatic carbocycles. The first-order chi connectivity index (χ1) is 8.12. The second-order valence-electron chi connectivity index (χ2n) is 4.71. The van der Waals surface area contributed by atoms with E-state index < -0.39 is 8.07 Å². The summed E-state index contributed by atoms with van der Waals surface area (Å²) in [7, 11) is 0.173. The third kappa shape index (κ3) is 2.74. The molecule has 17 heavy (non-hydrogen) atoms. The van der Waals surface area contributed by atoms with Crippen molar-refractivity contribution in [2.75, 3.05) is 7.11 Å². The van der Waals surface area contributed by atoms with Crippen molar-refractivity contribution in [2.45, 2.75) is 19.3 Å². The zero-order valence-corrected chi connectivity index (χ0v) is 11.4. The summed E-state index contributed by atoms with van der Waals surface area (Å²) in [5, 5.41) is 5.57. The van der Waals surface area contributed by atoms with E-state index in [0.29, 0.717) is 0 Å². The number of methoxy groups -OCH3 is 1. The van der Waals surface area contributed by atoms with E-state index in [1.165, 1.54) is 5.19 Å². The Morgan fingerprint density at radius 1 is 1.24 bits per heavy atom. The van der Waals surface area contributed by atoms with Gasteiger partial charge in [-0.25, -0.2) is 4.98 Å². The molecule has 1 heterocycles. The Bertz CT molecular complexity index is 465. The van der Waals surface area contributed by atoms with Gasteiger partial charge in [0.1, 0.15) is 26.5 Å². The molecule has 0 saturated heterocycles. The summed E-state index contributed by atoms with van der Waals surface area (Å²) in [6.45, 7) is 4.66. The largest absolute Gasteiger partial charge is 0.497 e. The van der Waals surface area contributed by atoms with Crippen molar-refractivity contribution in [1.29, 1.82) is 0 Å². The topological polar surface area (TPSA) is 39.9 Å². The van der Waals surface area contributed by atoms with Crippen molar-refractivity contribution in [2.24, 2.45) is 0 Å². The van der Waals surface area contributed by atoms with Gasteiger partial charge < -0.3 is 4.74 Å². The van der Waals surface area contributed by atoms with Gasteiger partial charge in [-0.15, -0.1) is 0 Å². The van der Waals surface area contributed by atoms with Crippen LogP contribution in [0.1, 0.15) is 0 Å². The van der Waals surface area contributed by atoms with Crippen molar-refractivity contribution >= 4 is 13.3 Å². The first-order valence-electron chi connectivity index (χ1n) is 5.59. The predicted octanol–water partition coefficient (Wildman–Crippen LogP) is 1.44. The average Bonchev–Trinajstić information content (AvgIpc) is 2.81. The maximum Gasteiger partial charge on any atom is 0.137 e. The van der Waals surface area contributed by atoms with Gasteiger partial charge in [0.2, 0.25) is 0 Å². The Morgan fingerprint density at radius 2 is 1.94 bits per heavy atom. The lowest BCUT2D eigenvalue weighted by Crippen LogP contribution is -2.45. The fourth-order valence-electron chi connectivity index (χ4n) is 1.85. The molecule has 2 aromatic rings. The highest BCUT2D eigenvalue weighted by Crippen LogP contribution is 2.11. The van der Waals surface area contributed by atoms with Crippen LogP contribution in [0.2, 0.25) is 13.1 Å². The Kier molecular flexibility index (Phi) is 3.28. The van der Waals surface area contributed by atoms with Gasteiger partial charge in [-0.2, -0.15) is 5.10 Å². The number of hydrogen-bond acceptors (Lipinski definition) is 3. The molecule has 0 saturated carbocycles. The maximum absolute atomic E-state index is 5.18. The molecule has 0 radical (unpaired) electrons. The van der Waals surface area contributed by atoms with Gasteiger partial charge in [-0.1, -0.05) is 30.4 Å². The standard InChI is InChI=1S/C12H17N3OSi/c1-16-11-4-6-12(7-5-11)17(2,3)10-15-9-13-8-14-15/h4-9H,10H2,1-3H3. The molecule has 0 amide bonds. The van der Waals surface area contributed by atoms with Crippen LogP contribution in [0.15, 0.2) is 36.9 Å². The van der Waals surface area contributed by atoms with E-state index in [0.717, 1.165) is 11.9 Å². The third-order valence-electron chi connectivity index (χ3n) is 2.90. The summed E-state index contributed by atoms with van der Waals surface area (Å²) in [5.74, 6) is 0.902. The van der Waals surface area contributed by atoms with Gasteiger partial charge in [0, 0.05) is 6.17 Å². The lowest BCUT2D eigenvalue weighted by Gasteiger charge is -2.22. The SMILES string of the molecule is COc1ccc([Si](C)(C)Cn2cncn2)cc1. The quantitative estimate of drug-likeness (QED) is 0.768. The van der Waals surface area contributed by atoms with Crippen LogP contribution in [-0.4, -0.2) is 29.9 Å². The molecule has 1 aromatic carbocycles. The molecule has 0 aliphatic rings. The highest BCUT2D eigenvalue weighted by Gasteiger charge is 2.24. The first kappa shape index (κ1) is 11.9. The van der Waals surface area contributed by atoms with Gasteiger partial charge in [0.05, 0.1) is 7.11 Å². The van der Waals surface area contributed by atoms with Crippen LogP contribution in [0.3, 0.4) is 0 Å². The highest BCUT2D eigenvalue weighted by molar-refractivity contribution is 6.88. The van der Waals surface area contributed by atoms with Crippen molar-refractivity contribution in [3.8, 4) is 5.75 Å². The number of hydrogen-bond donors (Lipinski definition) is 0. The van der Waals surface area contributed by atoms with Gasteiger partial charge in [0.25, 0.3) is 0 Å². The maximum atomic E-state index is 5.18. The van der Waals surface area contributed by atoms with Crippen LogP contribution in [0.4, 0.5) is 0 Å². The van der Waals surface area contributed by atoms with E-state index in [-0.39, 0.29) is 0 Å². The molecule has 4 nitrogen and oxygen atoms in total. The summed E-state index contributed by atoms with van der Waals surface area (Å²) < 4.78 is 7.09. The lowest BCUT2D eigenvalue weighted by atomic mass is 10.3. The van der Waals surface area contributed by atoms with Crippen LogP contribution in [0.5, 0.6) is 5.75 Å². The molecule has 0 N–H and O–H groups in total. The summed E-state index contributed by atoms with van der Waals surface area (Å²) in [6.07, 6.45) is 4.30. The van der Waals surface area contributed by atoms with Crippen LogP contribution in [-0.2, 0) is 6.17 Å². The molecular weight excluding hydrogens is 230 g/mol. The zero-order valence-electron chi connectivity index (χ0n) is 10.4. The molecular formula is C12H17N3OSi. The van der Waals surface area contributed by atoms with E-state index in [2.05, 4.69) is 35.3 Å². The number of rotatable bonds is 4. The minimum Gasteiger partial charge on any atom is -0.497 e. The Morgan fingerprint density at radius 3 is 2.47 bits per heavy atom. The molecule has 0 aliphatic heterocycles. The predicted molar refractivity (Wildman–Crippen MR) is 70.1 cm³/mol. The lowest BCUT2D eigenvalue weighted by molar-refractivity contribution is 0.415. The smallest absolute Gasteiger partial charge is 0.137 e. The summed E-state index contributed by atoms with van der Waals surface area (Å²) in [4.78, 5) is 3.98. The van der Waals surface area contributed by atoms with Gasteiger partial charge in [0.15, 0.2) is 0 Å². The summed E-state index contributed by atoms with van der Waals surface area (Å²) >= 11 is 0. The number of benzene rings is 1. The van der Waals surface area contributed by atoms with Gasteiger partial charge >= 0.3 is 0 Å². The van der Waals surface area contributed by atoms with E-state index >= 15 is 0 Å². The average molecular weight is 247 g/mol. The van der Waals surface area contributed by atoms with Crippen molar-refractivity contribution in [1.82, 2.24) is 14.8 Å². The molecule has 90 valence electrons. The fourth-order valence-corrected chi connectivity index (χ4v) is 4.08. The van der Waals surface area contributed by atoms with Crippen LogP contribution >= 0.6 is 0 Å². The highest BCUT2D eigenvalue weighted by atomic mass is 28.3. The molecule has 1 aromatic heterocycles. The van der Waals surface area contributed by atoms with Gasteiger partial charge in [-0.05, 0) is 12.1 Å². The Hall–Kier alpha value is -1.62. The Balaban J connectivity index is 2.18. The van der Waals surface area contributed by atoms with Crippen LogP contribution in [0, 0.1) is 0 Å². The molecule has 2 rings (SSSR count). The van der Waals surface area contributed by atoms with Gasteiger partial charge in [-0.3, -0.25) is 4.68 Å². The van der Waals surface area contributed by atoms with Crippen LogP contribution in [0.25, 0.3) is 0 Å². The zero-order chi connectivity index (χ0) is 12.3. The Labute approximate surface area is 102 Å². The molecule has 5 heteroatoms. The minimum absolute atomic E-state index is 0.902. The second-order valence-corrected chi connectivity index (χ2v) is 9.37. The van der Waals surface area contributed by atoms with Crippen molar-refractivity contribution < 1.29 is 4.74 Å². The van der Waals surface area contributed by atoms with Crippen LogP contribution < -0.4 is 9.92 Å². The monoisotopic (exact) mass is 247 g/mol. The third-order valence-corrected chi connectivity index (χ3v) is 5.91. The summed E-state index contributed by atoms with van der Waals surface area (Å²) in [6, 6.07) is 8.35.